The minimum absolute atomic E-state index is 0.314. The average Bonchev–Trinajstić information content (AvgIpc) is 2.87. The Balaban J connectivity index is 1.84. The first-order valence-corrected chi connectivity index (χ1v) is 9.49. The monoisotopic (exact) mass is 347 g/mol. The van der Waals surface area contributed by atoms with Crippen molar-refractivity contribution in [3.05, 3.63) is 24.0 Å². The van der Waals surface area contributed by atoms with Crippen molar-refractivity contribution in [2.24, 2.45) is 12.0 Å². The third-order valence-electron chi connectivity index (χ3n) is 4.67. The van der Waals surface area contributed by atoms with E-state index in [0.29, 0.717) is 12.3 Å². The fourth-order valence-electron chi connectivity index (χ4n) is 3.17. The van der Waals surface area contributed by atoms with Gasteiger partial charge in [-0.05, 0) is 38.3 Å². The van der Waals surface area contributed by atoms with Crippen molar-refractivity contribution < 1.29 is 4.79 Å². The second kappa shape index (κ2) is 10.1. The quantitative estimate of drug-likeness (QED) is 0.467. The molecular formula is C19H33N5O. The van der Waals surface area contributed by atoms with Gasteiger partial charge in [0.05, 0.1) is 6.54 Å². The van der Waals surface area contributed by atoms with Gasteiger partial charge >= 0.3 is 0 Å². The topological polar surface area (TPSA) is 52.9 Å². The van der Waals surface area contributed by atoms with Gasteiger partial charge in [0.1, 0.15) is 0 Å². The summed E-state index contributed by atoms with van der Waals surface area (Å²) in [6.07, 6.45) is 7.04. The van der Waals surface area contributed by atoms with E-state index in [9.17, 15) is 4.79 Å². The predicted octanol–water partition coefficient (Wildman–Crippen LogP) is 2.22. The van der Waals surface area contributed by atoms with E-state index in [2.05, 4.69) is 54.1 Å². The lowest BCUT2D eigenvalue weighted by atomic mass is 10.2. The Morgan fingerprint density at radius 2 is 2.20 bits per heavy atom. The number of rotatable bonds is 7. The highest BCUT2D eigenvalue weighted by molar-refractivity contribution is 5.79. The van der Waals surface area contributed by atoms with Crippen LogP contribution in [-0.2, 0) is 18.4 Å². The molecule has 1 fully saturated rings. The molecule has 1 aromatic rings. The van der Waals surface area contributed by atoms with Gasteiger partial charge in [-0.2, -0.15) is 0 Å². The van der Waals surface area contributed by atoms with E-state index in [-0.39, 0.29) is 0 Å². The Kier molecular flexibility index (Phi) is 7.82. The Hall–Kier alpha value is -1.98. The number of aryl methyl sites for hydroxylation is 1. The molecule has 2 heterocycles. The molecule has 0 aliphatic carbocycles. The molecule has 140 valence electrons. The maximum atomic E-state index is 12.0. The number of hydrogen-bond acceptors (Lipinski definition) is 2. The molecule has 0 saturated carbocycles. The van der Waals surface area contributed by atoms with Gasteiger partial charge in [-0.1, -0.05) is 6.42 Å². The van der Waals surface area contributed by atoms with Crippen molar-refractivity contribution in [2.45, 2.75) is 45.6 Å². The van der Waals surface area contributed by atoms with E-state index in [1.165, 1.54) is 12.1 Å². The third kappa shape index (κ3) is 6.11. The molecule has 0 bridgehead atoms. The highest BCUT2D eigenvalue weighted by atomic mass is 16.2. The Morgan fingerprint density at radius 3 is 2.92 bits per heavy atom. The fourth-order valence-corrected chi connectivity index (χ4v) is 3.17. The van der Waals surface area contributed by atoms with Gasteiger partial charge in [-0.15, -0.1) is 0 Å². The van der Waals surface area contributed by atoms with Crippen molar-refractivity contribution >= 4 is 11.9 Å². The number of guanidine groups is 1. The van der Waals surface area contributed by atoms with Crippen LogP contribution in [0.15, 0.2) is 23.3 Å². The van der Waals surface area contributed by atoms with Crippen LogP contribution in [0.4, 0.5) is 0 Å². The first kappa shape index (κ1) is 19.3. The zero-order valence-corrected chi connectivity index (χ0v) is 16.0. The fraction of sp³-hybridized carbons (Fsp3) is 0.684. The minimum atomic E-state index is 0.314. The van der Waals surface area contributed by atoms with Crippen LogP contribution < -0.4 is 5.32 Å². The van der Waals surface area contributed by atoms with Crippen LogP contribution in [-0.4, -0.2) is 59.5 Å². The second-order valence-corrected chi connectivity index (χ2v) is 6.75. The zero-order valence-electron chi connectivity index (χ0n) is 16.0. The smallest absolute Gasteiger partial charge is 0.222 e. The van der Waals surface area contributed by atoms with Crippen molar-refractivity contribution in [3.63, 3.8) is 0 Å². The normalized spacial score (nSPS) is 16.0. The molecule has 1 saturated heterocycles. The number of aliphatic imine (C=N–C) groups is 1. The molecular weight excluding hydrogens is 314 g/mol. The number of aromatic nitrogens is 1. The average molecular weight is 348 g/mol. The van der Waals surface area contributed by atoms with Gasteiger partial charge < -0.3 is 19.7 Å². The van der Waals surface area contributed by atoms with Gasteiger partial charge in [-0.25, -0.2) is 0 Å². The highest BCUT2D eigenvalue weighted by Crippen LogP contribution is 2.11. The molecule has 0 aromatic carbocycles. The van der Waals surface area contributed by atoms with Crippen LogP contribution in [0.2, 0.25) is 0 Å². The lowest BCUT2D eigenvalue weighted by Crippen LogP contribution is -2.39. The summed E-state index contributed by atoms with van der Waals surface area (Å²) in [7, 11) is 4.12. The number of likely N-dealkylation sites (tertiary alicyclic amines) is 1. The highest BCUT2D eigenvalue weighted by Gasteiger charge is 2.15. The summed E-state index contributed by atoms with van der Waals surface area (Å²) < 4.78 is 2.13. The van der Waals surface area contributed by atoms with Crippen LogP contribution in [0.3, 0.4) is 0 Å². The lowest BCUT2D eigenvalue weighted by molar-refractivity contribution is -0.130. The standard InChI is InChI=1S/C19H33N5O/c1-4-20-19(23(3)16-17-10-8-13-22(17)2)21-12-9-15-24-14-7-5-6-11-18(24)25/h8,10,13H,4-7,9,11-12,14-16H2,1-3H3,(H,20,21). The maximum absolute atomic E-state index is 12.0. The molecule has 0 atom stereocenters. The van der Waals surface area contributed by atoms with Crippen LogP contribution >= 0.6 is 0 Å². The van der Waals surface area contributed by atoms with E-state index in [1.54, 1.807) is 0 Å². The summed E-state index contributed by atoms with van der Waals surface area (Å²) >= 11 is 0. The van der Waals surface area contributed by atoms with E-state index in [0.717, 1.165) is 57.9 Å². The first-order chi connectivity index (χ1) is 12.1. The summed E-state index contributed by atoms with van der Waals surface area (Å²) in [6.45, 7) is 6.23. The molecule has 25 heavy (non-hydrogen) atoms. The predicted molar refractivity (Wildman–Crippen MR) is 103 cm³/mol. The van der Waals surface area contributed by atoms with E-state index < -0.39 is 0 Å². The summed E-state index contributed by atoms with van der Waals surface area (Å²) in [5.41, 5.74) is 1.25. The maximum Gasteiger partial charge on any atom is 0.222 e. The van der Waals surface area contributed by atoms with Gasteiger partial charge in [-0.3, -0.25) is 9.79 Å². The number of hydrogen-bond donors (Lipinski definition) is 1. The van der Waals surface area contributed by atoms with E-state index in [4.69, 9.17) is 4.99 Å². The molecule has 0 radical (unpaired) electrons. The summed E-state index contributed by atoms with van der Waals surface area (Å²) in [4.78, 5) is 20.9. The number of carbonyl (C=O) groups excluding carboxylic acids is 1. The molecule has 1 amide bonds. The molecule has 1 N–H and O–H groups in total. The van der Waals surface area contributed by atoms with Gasteiger partial charge in [0.25, 0.3) is 0 Å². The number of carbonyl (C=O) groups is 1. The summed E-state index contributed by atoms with van der Waals surface area (Å²) in [5, 5.41) is 3.36. The summed E-state index contributed by atoms with van der Waals surface area (Å²) in [5.74, 6) is 1.24. The van der Waals surface area contributed by atoms with Crippen LogP contribution in [0.5, 0.6) is 0 Å². The van der Waals surface area contributed by atoms with E-state index in [1.807, 2.05) is 4.90 Å². The first-order valence-electron chi connectivity index (χ1n) is 9.49. The van der Waals surface area contributed by atoms with Crippen molar-refractivity contribution in [1.82, 2.24) is 19.7 Å². The molecule has 1 aliphatic heterocycles. The Labute approximate surface area is 151 Å². The van der Waals surface area contributed by atoms with Gasteiger partial charge in [0, 0.05) is 58.6 Å². The second-order valence-electron chi connectivity index (χ2n) is 6.75. The van der Waals surface area contributed by atoms with Crippen LogP contribution in [0, 0.1) is 0 Å². The summed E-state index contributed by atoms with van der Waals surface area (Å²) in [6, 6.07) is 4.19. The largest absolute Gasteiger partial charge is 0.357 e. The molecule has 6 heteroatoms. The third-order valence-corrected chi connectivity index (χ3v) is 4.67. The van der Waals surface area contributed by atoms with Gasteiger partial charge in [0.2, 0.25) is 5.91 Å². The molecule has 6 nitrogen and oxygen atoms in total. The molecule has 2 rings (SSSR count). The van der Waals surface area contributed by atoms with Crippen LogP contribution in [0.1, 0.15) is 44.7 Å². The van der Waals surface area contributed by atoms with Crippen molar-refractivity contribution in [3.8, 4) is 0 Å². The molecule has 1 aliphatic rings. The SMILES string of the molecule is CCNC(=NCCCN1CCCCCC1=O)N(C)Cc1cccn1C. The van der Waals surface area contributed by atoms with E-state index >= 15 is 0 Å². The van der Waals surface area contributed by atoms with Crippen molar-refractivity contribution in [1.29, 1.82) is 0 Å². The number of nitrogens with one attached hydrogen (secondary N) is 1. The van der Waals surface area contributed by atoms with Crippen LogP contribution in [0.25, 0.3) is 0 Å². The molecule has 0 spiro atoms. The minimum Gasteiger partial charge on any atom is -0.357 e. The zero-order chi connectivity index (χ0) is 18.1. The Bertz CT molecular complexity index is 566. The van der Waals surface area contributed by atoms with Gasteiger partial charge in [0.15, 0.2) is 5.96 Å². The molecule has 0 unspecified atom stereocenters. The Morgan fingerprint density at radius 1 is 1.36 bits per heavy atom. The molecule has 1 aromatic heterocycles. The number of amides is 1. The lowest BCUT2D eigenvalue weighted by Gasteiger charge is -2.23. The van der Waals surface area contributed by atoms with Crippen molar-refractivity contribution in [2.75, 3.05) is 33.2 Å². The number of nitrogens with zero attached hydrogens (tertiary/aromatic N) is 4.